The molecule has 5 heteroatoms. The van der Waals surface area contributed by atoms with E-state index in [0.717, 1.165) is 25.6 Å². The molecule has 104 valence electrons. The molecule has 0 saturated carbocycles. The minimum absolute atomic E-state index is 0. The average molecular weight is 273 g/mol. The molecule has 18 heavy (non-hydrogen) atoms. The second-order valence-corrected chi connectivity index (χ2v) is 5.02. The Kier molecular flexibility index (Phi) is 6.68. The maximum atomic E-state index is 5.65. The number of nitrogens with zero attached hydrogens (tertiary/aromatic N) is 3. The van der Waals surface area contributed by atoms with Crippen molar-refractivity contribution in [1.29, 1.82) is 0 Å². The van der Waals surface area contributed by atoms with Crippen molar-refractivity contribution < 1.29 is 0 Å². The van der Waals surface area contributed by atoms with E-state index in [0.29, 0.717) is 0 Å². The molecule has 0 bridgehead atoms. The summed E-state index contributed by atoms with van der Waals surface area (Å²) in [6.45, 7) is 7.37. The fraction of sp³-hybridized carbons (Fsp3) is 0.769. The molecule has 1 atom stereocenters. The van der Waals surface area contributed by atoms with Crippen LogP contribution in [0.4, 0.5) is 0 Å². The van der Waals surface area contributed by atoms with Gasteiger partial charge in [0, 0.05) is 31.4 Å². The Bertz CT molecular complexity index is 337. The van der Waals surface area contributed by atoms with Crippen LogP contribution in [0.15, 0.2) is 12.4 Å². The zero-order valence-electron chi connectivity index (χ0n) is 11.2. The molecule has 0 amide bonds. The third-order valence-electron chi connectivity index (χ3n) is 3.59. The molecule has 1 aliphatic rings. The van der Waals surface area contributed by atoms with Gasteiger partial charge in [-0.15, -0.1) is 12.4 Å². The molecule has 1 aromatic heterocycles. The Hall–Kier alpha value is -0.580. The molecule has 0 aliphatic carbocycles. The van der Waals surface area contributed by atoms with Crippen LogP contribution in [0.25, 0.3) is 0 Å². The maximum absolute atomic E-state index is 5.65. The van der Waals surface area contributed by atoms with Gasteiger partial charge < -0.3 is 5.73 Å². The van der Waals surface area contributed by atoms with Crippen LogP contribution in [0.2, 0.25) is 0 Å². The van der Waals surface area contributed by atoms with Crippen LogP contribution in [0.1, 0.15) is 31.7 Å². The molecular formula is C13H25ClN4. The Balaban J connectivity index is 0.00000162. The first-order chi connectivity index (χ1) is 8.31. The second-order valence-electron chi connectivity index (χ2n) is 5.02. The van der Waals surface area contributed by atoms with Gasteiger partial charge in [0.05, 0.1) is 6.20 Å². The van der Waals surface area contributed by atoms with Crippen molar-refractivity contribution in [2.75, 3.05) is 19.6 Å². The van der Waals surface area contributed by atoms with Crippen molar-refractivity contribution in [3.63, 3.8) is 0 Å². The smallest absolute Gasteiger partial charge is 0.0534 e. The predicted octanol–water partition coefficient (Wildman–Crippen LogP) is 1.89. The van der Waals surface area contributed by atoms with Crippen LogP contribution in [-0.4, -0.2) is 34.3 Å². The van der Waals surface area contributed by atoms with Gasteiger partial charge in [-0.1, -0.05) is 0 Å². The van der Waals surface area contributed by atoms with Gasteiger partial charge in [0.1, 0.15) is 0 Å². The molecule has 0 aromatic carbocycles. The van der Waals surface area contributed by atoms with E-state index in [-0.39, 0.29) is 12.4 Å². The van der Waals surface area contributed by atoms with Crippen molar-refractivity contribution in [1.82, 2.24) is 14.7 Å². The van der Waals surface area contributed by atoms with Crippen molar-refractivity contribution in [2.24, 2.45) is 11.7 Å². The number of aryl methyl sites for hydroxylation is 1. The van der Waals surface area contributed by atoms with Gasteiger partial charge in [0.25, 0.3) is 0 Å². The summed E-state index contributed by atoms with van der Waals surface area (Å²) in [5, 5.41) is 4.33. The topological polar surface area (TPSA) is 47.1 Å². The Morgan fingerprint density at radius 2 is 2.33 bits per heavy atom. The summed E-state index contributed by atoms with van der Waals surface area (Å²) in [6, 6.07) is 0. The number of rotatable bonds is 5. The summed E-state index contributed by atoms with van der Waals surface area (Å²) >= 11 is 0. The van der Waals surface area contributed by atoms with Gasteiger partial charge in [-0.25, -0.2) is 0 Å². The fourth-order valence-electron chi connectivity index (χ4n) is 2.69. The Labute approximate surface area is 116 Å². The largest absolute Gasteiger partial charge is 0.330 e. The minimum atomic E-state index is 0. The van der Waals surface area contributed by atoms with Crippen LogP contribution < -0.4 is 5.73 Å². The zero-order valence-corrected chi connectivity index (χ0v) is 12.0. The third kappa shape index (κ3) is 4.26. The highest BCUT2D eigenvalue weighted by molar-refractivity contribution is 5.85. The van der Waals surface area contributed by atoms with Crippen LogP contribution in [0, 0.1) is 5.92 Å². The number of piperidine rings is 1. The van der Waals surface area contributed by atoms with Crippen molar-refractivity contribution >= 4 is 12.4 Å². The lowest BCUT2D eigenvalue weighted by Crippen LogP contribution is -2.35. The number of likely N-dealkylation sites (tertiary alicyclic amines) is 1. The SMILES string of the molecule is CCn1cc(CN2CCCC(CCN)C2)cn1.Cl. The predicted molar refractivity (Wildman–Crippen MR) is 76.8 cm³/mol. The standard InChI is InChI=1S/C13H24N4.ClH/c1-2-17-11-13(8-15-17)10-16-7-3-4-12(9-16)5-6-14;/h8,11-12H,2-7,9-10,14H2,1H3;1H. The van der Waals surface area contributed by atoms with E-state index in [1.807, 2.05) is 10.9 Å². The van der Waals surface area contributed by atoms with E-state index in [9.17, 15) is 0 Å². The van der Waals surface area contributed by atoms with Gasteiger partial charge in [-0.3, -0.25) is 9.58 Å². The molecule has 2 rings (SSSR count). The molecule has 0 radical (unpaired) electrons. The highest BCUT2D eigenvalue weighted by Gasteiger charge is 2.19. The van der Waals surface area contributed by atoms with Crippen LogP contribution in [0.5, 0.6) is 0 Å². The first-order valence-corrected chi connectivity index (χ1v) is 6.75. The van der Waals surface area contributed by atoms with Crippen molar-refractivity contribution in [2.45, 2.75) is 39.3 Å². The van der Waals surface area contributed by atoms with E-state index in [2.05, 4.69) is 23.1 Å². The number of halogens is 1. The highest BCUT2D eigenvalue weighted by atomic mass is 35.5. The van der Waals surface area contributed by atoms with E-state index < -0.39 is 0 Å². The van der Waals surface area contributed by atoms with Crippen molar-refractivity contribution in [3.05, 3.63) is 18.0 Å². The van der Waals surface area contributed by atoms with Gasteiger partial charge in [0.15, 0.2) is 0 Å². The normalized spacial score (nSPS) is 20.7. The Morgan fingerprint density at radius 3 is 3.00 bits per heavy atom. The summed E-state index contributed by atoms with van der Waals surface area (Å²) in [4.78, 5) is 2.54. The number of hydrogen-bond donors (Lipinski definition) is 1. The molecule has 0 spiro atoms. The molecule has 4 nitrogen and oxygen atoms in total. The lowest BCUT2D eigenvalue weighted by molar-refractivity contribution is 0.163. The first-order valence-electron chi connectivity index (χ1n) is 6.75. The summed E-state index contributed by atoms with van der Waals surface area (Å²) in [5.41, 5.74) is 6.98. The summed E-state index contributed by atoms with van der Waals surface area (Å²) in [6.07, 6.45) is 7.99. The molecule has 1 saturated heterocycles. The van der Waals surface area contributed by atoms with Crippen LogP contribution in [-0.2, 0) is 13.1 Å². The maximum Gasteiger partial charge on any atom is 0.0534 e. The molecule has 1 aliphatic heterocycles. The first kappa shape index (κ1) is 15.5. The van der Waals surface area contributed by atoms with E-state index in [1.165, 1.54) is 37.9 Å². The summed E-state index contributed by atoms with van der Waals surface area (Å²) in [5.74, 6) is 0.801. The van der Waals surface area contributed by atoms with E-state index in [4.69, 9.17) is 5.73 Å². The number of aromatic nitrogens is 2. The molecular weight excluding hydrogens is 248 g/mol. The second kappa shape index (κ2) is 7.77. The molecule has 1 unspecified atom stereocenters. The summed E-state index contributed by atoms with van der Waals surface area (Å²) < 4.78 is 2.00. The highest BCUT2D eigenvalue weighted by Crippen LogP contribution is 2.20. The average Bonchev–Trinajstić information content (AvgIpc) is 2.78. The van der Waals surface area contributed by atoms with E-state index >= 15 is 0 Å². The zero-order chi connectivity index (χ0) is 12.1. The van der Waals surface area contributed by atoms with Gasteiger partial charge in [-0.2, -0.15) is 5.10 Å². The Morgan fingerprint density at radius 1 is 1.50 bits per heavy atom. The molecule has 1 aromatic rings. The lowest BCUT2D eigenvalue weighted by Gasteiger charge is -2.32. The molecule has 1 fully saturated rings. The molecule has 2 N–H and O–H groups in total. The van der Waals surface area contributed by atoms with Crippen LogP contribution >= 0.6 is 12.4 Å². The van der Waals surface area contributed by atoms with Crippen molar-refractivity contribution in [3.8, 4) is 0 Å². The quantitative estimate of drug-likeness (QED) is 0.890. The third-order valence-corrected chi connectivity index (χ3v) is 3.59. The monoisotopic (exact) mass is 272 g/mol. The summed E-state index contributed by atoms with van der Waals surface area (Å²) in [7, 11) is 0. The van der Waals surface area contributed by atoms with Gasteiger partial charge in [-0.05, 0) is 45.2 Å². The van der Waals surface area contributed by atoms with E-state index in [1.54, 1.807) is 0 Å². The number of nitrogens with two attached hydrogens (primary N) is 1. The van der Waals surface area contributed by atoms with Crippen LogP contribution in [0.3, 0.4) is 0 Å². The fourth-order valence-corrected chi connectivity index (χ4v) is 2.69. The number of hydrogen-bond acceptors (Lipinski definition) is 3. The minimum Gasteiger partial charge on any atom is -0.330 e. The van der Waals surface area contributed by atoms with Gasteiger partial charge in [0.2, 0.25) is 0 Å². The van der Waals surface area contributed by atoms with Gasteiger partial charge >= 0.3 is 0 Å². The molecule has 2 heterocycles. The lowest BCUT2D eigenvalue weighted by atomic mass is 9.95.